The van der Waals surface area contributed by atoms with Gasteiger partial charge in [0.1, 0.15) is 25.9 Å². The van der Waals surface area contributed by atoms with Gasteiger partial charge in [-0.2, -0.15) is 0 Å². The number of anilines is 1. The van der Waals surface area contributed by atoms with Crippen molar-refractivity contribution in [3.63, 3.8) is 0 Å². The molecule has 3 rings (SSSR count). The van der Waals surface area contributed by atoms with Crippen LogP contribution in [-0.2, 0) is 30.2 Å². The van der Waals surface area contributed by atoms with E-state index in [4.69, 9.17) is 10.5 Å². The summed E-state index contributed by atoms with van der Waals surface area (Å²) < 4.78 is 26.3. The molecule has 7 nitrogen and oxygen atoms in total. The second kappa shape index (κ2) is 11.8. The van der Waals surface area contributed by atoms with E-state index in [-0.39, 0.29) is 22.8 Å². The molecule has 0 bridgehead atoms. The summed E-state index contributed by atoms with van der Waals surface area (Å²) in [6, 6.07) is 10.7. The third-order valence-electron chi connectivity index (χ3n) is 6.29. The van der Waals surface area contributed by atoms with Crippen LogP contribution >= 0.6 is 10.8 Å². The van der Waals surface area contributed by atoms with Crippen LogP contribution in [0.15, 0.2) is 53.1 Å². The number of ether oxygens (including phenoxy) is 1. The first-order valence-corrected chi connectivity index (χ1v) is 15.0. The lowest BCUT2D eigenvalue weighted by atomic mass is 9.80. The highest BCUT2D eigenvalue weighted by atomic mass is 33.1. The van der Waals surface area contributed by atoms with Crippen LogP contribution < -0.4 is 5.73 Å². The number of nitrogen functional groups attached to an aromatic ring is 1. The summed E-state index contributed by atoms with van der Waals surface area (Å²) in [5.74, 6) is 3.21. The number of phenols is 1. The Balaban J connectivity index is 0.000000264. The zero-order valence-electron chi connectivity index (χ0n) is 22.4. The van der Waals surface area contributed by atoms with Gasteiger partial charge in [0.15, 0.2) is 0 Å². The van der Waals surface area contributed by atoms with E-state index >= 15 is 0 Å². The maximum absolute atomic E-state index is 11.6. The standard InChI is InChI=1S/C16H20O4.C12H19NO2S2/c1-11(2)16(10-14(18)9-15(19)20-16)8-7-12-3-5-13(17)6-4-12;1-8-6-11(16-17(5,14)15)9(7-10(8)13)12(2,3)4/h3-6,9,11,17-18H,7-8,10H2,1-2H3;6-7H,5,13H2,1-4H3,(H,14,15)/t16-;/m0./s1. The molecule has 1 unspecified atom stereocenters. The fourth-order valence-corrected chi connectivity index (χ4v) is 6.24. The Bertz CT molecular complexity index is 1240. The molecule has 2 aromatic rings. The van der Waals surface area contributed by atoms with Crippen LogP contribution in [-0.4, -0.2) is 36.4 Å². The van der Waals surface area contributed by atoms with Crippen molar-refractivity contribution in [3.8, 4) is 5.75 Å². The SMILES string of the molecule is C=S(=O)(O)Sc1cc(C)c(N)cc1C(C)(C)C.CC(C)[C@]1(CCc2ccc(O)cc2)CC(O)=CC(=O)O1. The monoisotopic (exact) mass is 549 g/mol. The smallest absolute Gasteiger partial charge is 0.334 e. The summed E-state index contributed by atoms with van der Waals surface area (Å²) in [5.41, 5.74) is 8.74. The number of aliphatic hydroxyl groups is 1. The number of esters is 1. The lowest BCUT2D eigenvalue weighted by Crippen LogP contribution is -2.43. The molecule has 0 spiro atoms. The number of rotatable bonds is 6. The van der Waals surface area contributed by atoms with Gasteiger partial charge in [-0.15, -0.1) is 0 Å². The normalized spacial score (nSPS) is 19.4. The fraction of sp³-hybridized carbons (Fsp3) is 0.429. The molecule has 5 N–H and O–H groups in total. The molecule has 9 heteroatoms. The van der Waals surface area contributed by atoms with Crippen molar-refractivity contribution in [2.45, 2.75) is 76.7 Å². The number of benzene rings is 2. The molecule has 1 aliphatic heterocycles. The summed E-state index contributed by atoms with van der Waals surface area (Å²) >= 11 is 0. The first-order chi connectivity index (χ1) is 16.9. The number of hydrogen-bond acceptors (Lipinski definition) is 7. The lowest BCUT2D eigenvalue weighted by Gasteiger charge is -2.39. The van der Waals surface area contributed by atoms with E-state index in [9.17, 15) is 23.8 Å². The van der Waals surface area contributed by atoms with E-state index in [0.29, 0.717) is 18.5 Å². The van der Waals surface area contributed by atoms with Crippen LogP contribution in [0.2, 0.25) is 0 Å². The molecule has 0 fully saturated rings. The summed E-state index contributed by atoms with van der Waals surface area (Å²) in [7, 11) is -2.22. The van der Waals surface area contributed by atoms with Crippen molar-refractivity contribution in [2.75, 3.05) is 5.73 Å². The van der Waals surface area contributed by atoms with Gasteiger partial charge < -0.3 is 25.2 Å². The van der Waals surface area contributed by atoms with Crippen molar-refractivity contribution in [1.29, 1.82) is 0 Å². The van der Waals surface area contributed by atoms with E-state index in [2.05, 4.69) is 5.87 Å². The Morgan fingerprint density at radius 1 is 1.19 bits per heavy atom. The van der Waals surface area contributed by atoms with Crippen LogP contribution in [0.1, 0.15) is 64.2 Å². The number of carbonyl (C=O) groups is 1. The van der Waals surface area contributed by atoms with Gasteiger partial charge in [0.2, 0.25) is 0 Å². The van der Waals surface area contributed by atoms with Crippen LogP contribution in [0.3, 0.4) is 0 Å². The van der Waals surface area contributed by atoms with Crippen LogP contribution in [0.4, 0.5) is 5.69 Å². The molecule has 0 amide bonds. The largest absolute Gasteiger partial charge is 0.512 e. The van der Waals surface area contributed by atoms with Crippen molar-refractivity contribution in [3.05, 3.63) is 64.9 Å². The Labute approximate surface area is 224 Å². The summed E-state index contributed by atoms with van der Waals surface area (Å²) in [6.07, 6.45) is 2.85. The Morgan fingerprint density at radius 3 is 2.27 bits per heavy atom. The third-order valence-corrected chi connectivity index (χ3v) is 8.39. The molecule has 1 aliphatic rings. The summed E-state index contributed by atoms with van der Waals surface area (Å²) in [4.78, 5) is 12.3. The van der Waals surface area contributed by atoms with Crippen LogP contribution in [0.5, 0.6) is 5.75 Å². The molecule has 2 atom stereocenters. The average Bonchev–Trinajstić information content (AvgIpc) is 2.73. The molecule has 1 heterocycles. The molecule has 0 saturated heterocycles. The Morgan fingerprint density at radius 2 is 1.78 bits per heavy atom. The van der Waals surface area contributed by atoms with E-state index in [1.165, 1.54) is 0 Å². The highest BCUT2D eigenvalue weighted by Crippen LogP contribution is 2.38. The van der Waals surface area contributed by atoms with Gasteiger partial charge >= 0.3 is 5.97 Å². The second-order valence-electron chi connectivity index (χ2n) is 10.7. The number of aryl methyl sites for hydroxylation is 2. The van der Waals surface area contributed by atoms with E-state index in [1.807, 2.05) is 65.8 Å². The fourth-order valence-electron chi connectivity index (χ4n) is 4.02. The second-order valence-corrected chi connectivity index (χ2v) is 14.6. The molecule has 0 radical (unpaired) electrons. The average molecular weight is 550 g/mol. The molecule has 0 aliphatic carbocycles. The maximum atomic E-state index is 11.6. The minimum atomic E-state index is -3.11. The highest BCUT2D eigenvalue weighted by molar-refractivity contribution is 8.73. The molecule has 0 aromatic heterocycles. The first kappa shape index (κ1) is 30.6. The molecule has 204 valence electrons. The first-order valence-electron chi connectivity index (χ1n) is 12.0. The zero-order valence-corrected chi connectivity index (χ0v) is 24.0. The van der Waals surface area contributed by atoms with Gasteiger partial charge in [0, 0.05) is 17.0 Å². The van der Waals surface area contributed by atoms with Gasteiger partial charge in [-0.3, -0.25) is 0 Å². The lowest BCUT2D eigenvalue weighted by molar-refractivity contribution is -0.163. The van der Waals surface area contributed by atoms with Crippen molar-refractivity contribution >= 4 is 37.2 Å². The zero-order chi connectivity index (χ0) is 28.2. The van der Waals surface area contributed by atoms with Gasteiger partial charge in [-0.25, -0.2) is 9.00 Å². The topological polar surface area (TPSA) is 130 Å². The molecular weight excluding hydrogens is 510 g/mol. The molecule has 2 aromatic carbocycles. The number of nitrogens with two attached hydrogens (primary N) is 1. The number of aliphatic hydroxyl groups excluding tert-OH is 1. The van der Waals surface area contributed by atoms with Gasteiger partial charge in [0.05, 0.1) is 6.08 Å². The third kappa shape index (κ3) is 9.02. The Kier molecular flexibility index (Phi) is 9.79. The number of cyclic esters (lactones) is 1. The van der Waals surface area contributed by atoms with E-state index in [0.717, 1.165) is 44.9 Å². The van der Waals surface area contributed by atoms with Crippen molar-refractivity contribution < 1.29 is 28.5 Å². The van der Waals surface area contributed by atoms with Crippen molar-refractivity contribution in [2.24, 2.45) is 5.92 Å². The highest BCUT2D eigenvalue weighted by Gasteiger charge is 2.41. The predicted molar refractivity (Wildman–Crippen MR) is 153 cm³/mol. The van der Waals surface area contributed by atoms with Crippen LogP contribution in [0.25, 0.3) is 0 Å². The summed E-state index contributed by atoms with van der Waals surface area (Å²) in [6.45, 7) is 12.0. The minimum absolute atomic E-state index is 0.0839. The van der Waals surface area contributed by atoms with Gasteiger partial charge in [-0.1, -0.05) is 46.8 Å². The quantitative estimate of drug-likeness (QED) is 0.145. The van der Waals surface area contributed by atoms with Crippen LogP contribution in [0, 0.1) is 12.8 Å². The number of hydrogen-bond donors (Lipinski definition) is 4. The Hall–Kier alpha value is -2.62. The number of aromatic hydroxyl groups is 1. The molecule has 0 saturated carbocycles. The minimum Gasteiger partial charge on any atom is -0.512 e. The van der Waals surface area contributed by atoms with E-state index in [1.54, 1.807) is 12.1 Å². The maximum Gasteiger partial charge on any atom is 0.334 e. The number of phenolic OH excluding ortho intramolecular Hbond substituents is 1. The predicted octanol–water partition coefficient (Wildman–Crippen LogP) is 6.18. The molecular formula is C28H39NO6S2. The van der Waals surface area contributed by atoms with E-state index < -0.39 is 20.4 Å². The number of carbonyl (C=O) groups excluding carboxylic acids is 1. The summed E-state index contributed by atoms with van der Waals surface area (Å²) in [5, 5.41) is 19.0. The van der Waals surface area contributed by atoms with Gasteiger partial charge in [-0.05, 0) is 88.7 Å². The molecule has 37 heavy (non-hydrogen) atoms. The van der Waals surface area contributed by atoms with Gasteiger partial charge in [0.25, 0.3) is 0 Å². The van der Waals surface area contributed by atoms with Crippen molar-refractivity contribution in [1.82, 2.24) is 0 Å².